The molecule has 0 aliphatic carbocycles. The van der Waals surface area contributed by atoms with Crippen LogP contribution in [0, 0.1) is 0 Å². The van der Waals surface area contributed by atoms with E-state index in [-0.39, 0.29) is 11.9 Å². The van der Waals surface area contributed by atoms with E-state index in [4.69, 9.17) is 4.74 Å². The van der Waals surface area contributed by atoms with E-state index in [0.29, 0.717) is 12.1 Å². The number of para-hydroxylation sites is 1. The first-order valence-electron chi connectivity index (χ1n) is 7.26. The van der Waals surface area contributed by atoms with Gasteiger partial charge in [0.1, 0.15) is 5.75 Å². The van der Waals surface area contributed by atoms with Crippen LogP contribution in [-0.2, 0) is 0 Å². The topological polar surface area (TPSA) is 41.6 Å². The van der Waals surface area contributed by atoms with E-state index < -0.39 is 0 Å². The molecular formula is C18H22N2O2. The average Bonchev–Trinajstić information content (AvgIpc) is 2.55. The number of rotatable bonds is 6. The van der Waals surface area contributed by atoms with Crippen LogP contribution in [0.3, 0.4) is 0 Å². The molecule has 0 bridgehead atoms. The number of hydrogen-bond acceptors (Lipinski definition) is 3. The molecule has 2 aromatic rings. The van der Waals surface area contributed by atoms with Gasteiger partial charge in [0.05, 0.1) is 13.2 Å². The van der Waals surface area contributed by atoms with E-state index in [0.717, 1.165) is 11.3 Å². The third-order valence-electron chi connectivity index (χ3n) is 3.61. The van der Waals surface area contributed by atoms with Gasteiger partial charge in [-0.3, -0.25) is 4.79 Å². The van der Waals surface area contributed by atoms with Gasteiger partial charge < -0.3 is 15.0 Å². The summed E-state index contributed by atoms with van der Waals surface area (Å²) >= 11 is 0. The van der Waals surface area contributed by atoms with Gasteiger partial charge in [0.25, 0.3) is 5.91 Å². The van der Waals surface area contributed by atoms with Crippen molar-refractivity contribution in [3.05, 3.63) is 65.7 Å². The highest BCUT2D eigenvalue weighted by atomic mass is 16.5. The van der Waals surface area contributed by atoms with Crippen molar-refractivity contribution in [2.24, 2.45) is 0 Å². The molecule has 1 amide bonds. The molecule has 2 aromatic carbocycles. The van der Waals surface area contributed by atoms with Crippen LogP contribution in [0.15, 0.2) is 54.6 Å². The van der Waals surface area contributed by atoms with E-state index in [1.54, 1.807) is 7.11 Å². The fourth-order valence-electron chi connectivity index (χ4n) is 2.39. The Balaban J connectivity index is 2.11. The SMILES string of the molecule is COc1ccccc1C(CNC(=O)c1ccccc1)N(C)C. The number of carbonyl (C=O) groups is 1. The summed E-state index contributed by atoms with van der Waals surface area (Å²) in [5.41, 5.74) is 1.73. The van der Waals surface area contributed by atoms with Crippen molar-refractivity contribution in [3.8, 4) is 5.75 Å². The van der Waals surface area contributed by atoms with Crippen LogP contribution in [0.25, 0.3) is 0 Å². The number of methoxy groups -OCH3 is 1. The number of carbonyl (C=O) groups excluding carboxylic acids is 1. The van der Waals surface area contributed by atoms with Gasteiger partial charge in [-0.15, -0.1) is 0 Å². The lowest BCUT2D eigenvalue weighted by atomic mass is 10.0. The molecule has 0 heterocycles. The van der Waals surface area contributed by atoms with Crippen molar-refractivity contribution in [1.82, 2.24) is 10.2 Å². The number of benzene rings is 2. The first-order valence-corrected chi connectivity index (χ1v) is 7.26. The van der Waals surface area contributed by atoms with Gasteiger partial charge >= 0.3 is 0 Å². The summed E-state index contributed by atoms with van der Waals surface area (Å²) in [6.07, 6.45) is 0. The second kappa shape index (κ2) is 7.61. The standard InChI is InChI=1S/C18H22N2O2/c1-20(2)16(15-11-7-8-12-17(15)22-3)13-19-18(21)14-9-5-4-6-10-14/h4-12,16H,13H2,1-3H3,(H,19,21). The zero-order valence-corrected chi connectivity index (χ0v) is 13.2. The average molecular weight is 298 g/mol. The molecule has 2 rings (SSSR count). The molecule has 116 valence electrons. The molecule has 0 aliphatic rings. The number of amides is 1. The highest BCUT2D eigenvalue weighted by molar-refractivity contribution is 5.94. The predicted molar refractivity (Wildman–Crippen MR) is 88.2 cm³/mol. The van der Waals surface area contributed by atoms with Crippen molar-refractivity contribution in [2.45, 2.75) is 6.04 Å². The molecule has 1 N–H and O–H groups in total. The lowest BCUT2D eigenvalue weighted by molar-refractivity contribution is 0.0941. The maximum Gasteiger partial charge on any atom is 0.251 e. The van der Waals surface area contributed by atoms with Gasteiger partial charge in [0.2, 0.25) is 0 Å². The first kappa shape index (κ1) is 16.0. The minimum absolute atomic E-state index is 0.0452. The van der Waals surface area contributed by atoms with E-state index >= 15 is 0 Å². The Labute approximate surface area is 131 Å². The van der Waals surface area contributed by atoms with E-state index in [1.165, 1.54) is 0 Å². The molecule has 0 aromatic heterocycles. The van der Waals surface area contributed by atoms with E-state index in [9.17, 15) is 4.79 Å². The maximum atomic E-state index is 12.2. The zero-order chi connectivity index (χ0) is 15.9. The van der Waals surface area contributed by atoms with Gasteiger partial charge in [-0.25, -0.2) is 0 Å². The van der Waals surface area contributed by atoms with Gasteiger partial charge in [-0.05, 0) is 32.3 Å². The summed E-state index contributed by atoms with van der Waals surface area (Å²) in [5.74, 6) is 0.762. The second-order valence-electron chi connectivity index (χ2n) is 5.30. The Kier molecular flexibility index (Phi) is 5.55. The van der Waals surface area contributed by atoms with Crippen LogP contribution in [0.1, 0.15) is 22.0 Å². The van der Waals surface area contributed by atoms with Crippen LogP contribution in [0.5, 0.6) is 5.75 Å². The van der Waals surface area contributed by atoms with Gasteiger partial charge in [0, 0.05) is 17.7 Å². The molecule has 0 saturated heterocycles. The Morgan fingerprint density at radius 1 is 1.09 bits per heavy atom. The highest BCUT2D eigenvalue weighted by Crippen LogP contribution is 2.27. The maximum absolute atomic E-state index is 12.2. The lowest BCUT2D eigenvalue weighted by Gasteiger charge is -2.26. The normalized spacial score (nSPS) is 12.0. The van der Waals surface area contributed by atoms with Crippen LogP contribution < -0.4 is 10.1 Å². The predicted octanol–water partition coefficient (Wildman–Crippen LogP) is 2.73. The molecule has 0 fully saturated rings. The first-order chi connectivity index (χ1) is 10.6. The van der Waals surface area contributed by atoms with Crippen LogP contribution in [0.2, 0.25) is 0 Å². The number of ether oxygens (including phenoxy) is 1. The molecule has 4 heteroatoms. The number of hydrogen-bond donors (Lipinski definition) is 1. The molecule has 4 nitrogen and oxygen atoms in total. The Morgan fingerprint density at radius 2 is 1.73 bits per heavy atom. The zero-order valence-electron chi connectivity index (χ0n) is 13.2. The van der Waals surface area contributed by atoms with Gasteiger partial charge in [-0.2, -0.15) is 0 Å². The molecule has 1 unspecified atom stereocenters. The minimum atomic E-state index is -0.0673. The Bertz CT molecular complexity index is 611. The van der Waals surface area contributed by atoms with Crippen molar-refractivity contribution >= 4 is 5.91 Å². The summed E-state index contributed by atoms with van der Waals surface area (Å²) in [7, 11) is 5.64. The second-order valence-corrected chi connectivity index (χ2v) is 5.30. The van der Waals surface area contributed by atoms with Crippen molar-refractivity contribution < 1.29 is 9.53 Å². The van der Waals surface area contributed by atoms with E-state index in [1.807, 2.05) is 68.7 Å². The van der Waals surface area contributed by atoms with Gasteiger partial charge in [0.15, 0.2) is 0 Å². The highest BCUT2D eigenvalue weighted by Gasteiger charge is 2.19. The largest absolute Gasteiger partial charge is 0.496 e. The fraction of sp³-hybridized carbons (Fsp3) is 0.278. The molecule has 1 atom stereocenters. The summed E-state index contributed by atoms with van der Waals surface area (Å²) in [6, 6.07) is 17.2. The smallest absolute Gasteiger partial charge is 0.251 e. The molecule has 0 saturated carbocycles. The summed E-state index contributed by atoms with van der Waals surface area (Å²) in [6.45, 7) is 0.515. The quantitative estimate of drug-likeness (QED) is 0.891. The minimum Gasteiger partial charge on any atom is -0.496 e. The summed E-state index contributed by atoms with van der Waals surface area (Å²) in [5, 5.41) is 2.99. The molecule has 22 heavy (non-hydrogen) atoms. The fourth-order valence-corrected chi connectivity index (χ4v) is 2.39. The van der Waals surface area contributed by atoms with Crippen molar-refractivity contribution in [2.75, 3.05) is 27.7 Å². The molecule has 0 spiro atoms. The summed E-state index contributed by atoms with van der Waals surface area (Å²) in [4.78, 5) is 14.3. The van der Waals surface area contributed by atoms with Gasteiger partial charge in [-0.1, -0.05) is 36.4 Å². The van der Waals surface area contributed by atoms with Crippen LogP contribution in [0.4, 0.5) is 0 Å². The van der Waals surface area contributed by atoms with Crippen LogP contribution in [-0.4, -0.2) is 38.6 Å². The monoisotopic (exact) mass is 298 g/mol. The number of nitrogens with zero attached hydrogens (tertiary/aromatic N) is 1. The molecule has 0 radical (unpaired) electrons. The Morgan fingerprint density at radius 3 is 2.36 bits per heavy atom. The molecular weight excluding hydrogens is 276 g/mol. The lowest BCUT2D eigenvalue weighted by Crippen LogP contribution is -2.34. The molecule has 0 aliphatic heterocycles. The van der Waals surface area contributed by atoms with Crippen molar-refractivity contribution in [1.29, 1.82) is 0 Å². The third-order valence-corrected chi connectivity index (χ3v) is 3.61. The number of likely N-dealkylation sites (N-methyl/N-ethyl adjacent to an activating group) is 1. The van der Waals surface area contributed by atoms with Crippen LogP contribution >= 0.6 is 0 Å². The Hall–Kier alpha value is -2.33. The van der Waals surface area contributed by atoms with E-state index in [2.05, 4.69) is 10.2 Å². The number of nitrogens with one attached hydrogen (secondary N) is 1. The van der Waals surface area contributed by atoms with Crippen molar-refractivity contribution in [3.63, 3.8) is 0 Å². The third kappa shape index (κ3) is 3.86. The summed E-state index contributed by atoms with van der Waals surface area (Å²) < 4.78 is 5.43.